The molecular formula is C17H24O5S. The SMILES string of the molecule is CC1CCC(CCCCCC(=O)O)c2ccc(S(=O)(=O)O)cc21. The van der Waals surface area contributed by atoms with E-state index in [-0.39, 0.29) is 17.2 Å². The van der Waals surface area contributed by atoms with Crippen molar-refractivity contribution in [2.75, 3.05) is 0 Å². The highest BCUT2D eigenvalue weighted by molar-refractivity contribution is 7.85. The normalized spacial score (nSPS) is 21.0. The Kier molecular flexibility index (Phi) is 5.81. The molecule has 5 nitrogen and oxygen atoms in total. The minimum Gasteiger partial charge on any atom is -0.481 e. The van der Waals surface area contributed by atoms with Crippen LogP contribution in [0.4, 0.5) is 0 Å². The number of hydrogen-bond acceptors (Lipinski definition) is 3. The molecule has 0 heterocycles. The molecule has 0 aromatic heterocycles. The molecular weight excluding hydrogens is 316 g/mol. The number of fused-ring (bicyclic) bond motifs is 1. The smallest absolute Gasteiger partial charge is 0.303 e. The Morgan fingerprint density at radius 1 is 1.17 bits per heavy atom. The molecule has 2 rings (SSSR count). The molecule has 2 unspecified atom stereocenters. The van der Waals surface area contributed by atoms with Gasteiger partial charge in [0.05, 0.1) is 4.90 Å². The van der Waals surface area contributed by atoms with Crippen molar-refractivity contribution >= 4 is 16.1 Å². The van der Waals surface area contributed by atoms with Crippen LogP contribution in [0.15, 0.2) is 23.1 Å². The Labute approximate surface area is 137 Å². The number of aliphatic carboxylic acids is 1. The minimum absolute atomic E-state index is 0.0368. The lowest BCUT2D eigenvalue weighted by Gasteiger charge is -2.30. The summed E-state index contributed by atoms with van der Waals surface area (Å²) < 4.78 is 31.8. The van der Waals surface area contributed by atoms with Crippen LogP contribution in [0.3, 0.4) is 0 Å². The standard InChI is InChI=1S/C17H24O5S/c1-12-7-8-13(5-3-2-4-6-17(18)19)15-10-9-14(11-16(12)15)23(20,21)22/h9-13H,2-8H2,1H3,(H,18,19)(H,20,21,22). The fourth-order valence-corrected chi connectivity index (χ4v) is 3.93. The van der Waals surface area contributed by atoms with E-state index < -0.39 is 16.1 Å². The van der Waals surface area contributed by atoms with Crippen LogP contribution < -0.4 is 0 Å². The highest BCUT2D eigenvalue weighted by Crippen LogP contribution is 2.41. The minimum atomic E-state index is -4.17. The first-order valence-corrected chi connectivity index (χ1v) is 9.56. The molecule has 1 aromatic rings. The average Bonchev–Trinajstić information content (AvgIpc) is 2.47. The van der Waals surface area contributed by atoms with Crippen LogP contribution in [0.25, 0.3) is 0 Å². The number of unbranched alkanes of at least 4 members (excludes halogenated alkanes) is 2. The van der Waals surface area contributed by atoms with Gasteiger partial charge in [-0.1, -0.05) is 25.8 Å². The van der Waals surface area contributed by atoms with Crippen molar-refractivity contribution in [3.8, 4) is 0 Å². The molecule has 0 saturated heterocycles. The third-order valence-corrected chi connectivity index (χ3v) is 5.57. The summed E-state index contributed by atoms with van der Waals surface area (Å²) in [5, 5.41) is 8.64. The Bertz CT molecular complexity index is 666. The second kappa shape index (κ2) is 7.45. The third kappa shape index (κ3) is 4.78. The van der Waals surface area contributed by atoms with Gasteiger partial charge in [0.2, 0.25) is 0 Å². The predicted molar refractivity (Wildman–Crippen MR) is 87.4 cm³/mol. The van der Waals surface area contributed by atoms with Crippen LogP contribution >= 0.6 is 0 Å². The second-order valence-corrected chi connectivity index (χ2v) is 7.86. The molecule has 2 atom stereocenters. The number of hydrogen-bond donors (Lipinski definition) is 2. The highest BCUT2D eigenvalue weighted by Gasteiger charge is 2.26. The molecule has 128 valence electrons. The van der Waals surface area contributed by atoms with E-state index in [9.17, 15) is 17.8 Å². The lowest BCUT2D eigenvalue weighted by molar-refractivity contribution is -0.137. The van der Waals surface area contributed by atoms with Crippen molar-refractivity contribution in [3.63, 3.8) is 0 Å². The van der Waals surface area contributed by atoms with Crippen molar-refractivity contribution < 1.29 is 22.9 Å². The zero-order valence-electron chi connectivity index (χ0n) is 13.4. The summed E-state index contributed by atoms with van der Waals surface area (Å²) in [6.07, 6.45) is 5.86. The Hall–Kier alpha value is -1.40. The van der Waals surface area contributed by atoms with Gasteiger partial charge in [-0.25, -0.2) is 0 Å². The second-order valence-electron chi connectivity index (χ2n) is 6.43. The summed E-state index contributed by atoms with van der Waals surface area (Å²) in [6.45, 7) is 2.08. The zero-order chi connectivity index (χ0) is 17.0. The molecule has 1 aliphatic carbocycles. The third-order valence-electron chi connectivity index (χ3n) is 4.72. The van der Waals surface area contributed by atoms with E-state index in [1.54, 1.807) is 6.07 Å². The van der Waals surface area contributed by atoms with E-state index in [1.165, 1.54) is 11.6 Å². The van der Waals surface area contributed by atoms with Crippen LogP contribution in [0.2, 0.25) is 0 Å². The van der Waals surface area contributed by atoms with Crippen LogP contribution in [-0.4, -0.2) is 24.0 Å². The van der Waals surface area contributed by atoms with Crippen molar-refractivity contribution in [3.05, 3.63) is 29.3 Å². The Balaban J connectivity index is 2.06. The number of carboxylic acid groups (broad SMARTS) is 1. The van der Waals surface area contributed by atoms with Crippen molar-refractivity contribution in [1.82, 2.24) is 0 Å². The van der Waals surface area contributed by atoms with Gasteiger partial charge in [-0.15, -0.1) is 0 Å². The van der Waals surface area contributed by atoms with Crippen LogP contribution in [-0.2, 0) is 14.9 Å². The molecule has 2 N–H and O–H groups in total. The molecule has 1 aromatic carbocycles. The van der Waals surface area contributed by atoms with Crippen LogP contribution in [0.5, 0.6) is 0 Å². The van der Waals surface area contributed by atoms with Gasteiger partial charge in [0.1, 0.15) is 0 Å². The van der Waals surface area contributed by atoms with E-state index in [0.29, 0.717) is 12.3 Å². The fourth-order valence-electron chi connectivity index (χ4n) is 3.42. The summed E-state index contributed by atoms with van der Waals surface area (Å²) in [6, 6.07) is 4.91. The first-order chi connectivity index (χ1) is 10.8. The van der Waals surface area contributed by atoms with Gasteiger partial charge in [0.25, 0.3) is 10.1 Å². The number of carboxylic acids is 1. The number of carbonyl (C=O) groups is 1. The van der Waals surface area contributed by atoms with Gasteiger partial charge in [0, 0.05) is 6.42 Å². The first kappa shape index (κ1) is 17.9. The van der Waals surface area contributed by atoms with Gasteiger partial charge in [-0.3, -0.25) is 9.35 Å². The van der Waals surface area contributed by atoms with E-state index >= 15 is 0 Å². The summed E-state index contributed by atoms with van der Waals surface area (Å²) >= 11 is 0. The molecule has 6 heteroatoms. The van der Waals surface area contributed by atoms with E-state index in [4.69, 9.17) is 5.11 Å². The maximum Gasteiger partial charge on any atom is 0.303 e. The van der Waals surface area contributed by atoms with Crippen LogP contribution in [0.1, 0.15) is 74.8 Å². The topological polar surface area (TPSA) is 91.7 Å². The lowest BCUT2D eigenvalue weighted by Crippen LogP contribution is -2.14. The van der Waals surface area contributed by atoms with Gasteiger partial charge >= 0.3 is 5.97 Å². The predicted octanol–water partition coefficient (Wildman–Crippen LogP) is 3.95. The number of rotatable bonds is 7. The molecule has 0 saturated carbocycles. The summed E-state index contributed by atoms with van der Waals surface area (Å²) in [5.74, 6) is -0.0731. The molecule has 0 aliphatic heterocycles. The average molecular weight is 340 g/mol. The Morgan fingerprint density at radius 3 is 2.57 bits per heavy atom. The van der Waals surface area contributed by atoms with E-state index in [1.807, 2.05) is 6.07 Å². The Morgan fingerprint density at radius 2 is 1.91 bits per heavy atom. The van der Waals surface area contributed by atoms with Gasteiger partial charge < -0.3 is 5.11 Å². The largest absolute Gasteiger partial charge is 0.481 e. The van der Waals surface area contributed by atoms with Crippen LogP contribution in [0, 0.1) is 0 Å². The molecule has 0 spiro atoms. The van der Waals surface area contributed by atoms with Gasteiger partial charge in [-0.05, 0) is 60.8 Å². The first-order valence-electron chi connectivity index (χ1n) is 8.12. The monoisotopic (exact) mass is 340 g/mol. The maximum absolute atomic E-state index is 11.3. The fraction of sp³-hybridized carbons (Fsp3) is 0.588. The molecule has 1 aliphatic rings. The van der Waals surface area contributed by atoms with Gasteiger partial charge in [0.15, 0.2) is 0 Å². The van der Waals surface area contributed by atoms with Gasteiger partial charge in [-0.2, -0.15) is 8.42 Å². The number of benzene rings is 1. The molecule has 23 heavy (non-hydrogen) atoms. The molecule has 0 radical (unpaired) electrons. The zero-order valence-corrected chi connectivity index (χ0v) is 14.2. The molecule has 0 fully saturated rings. The summed E-state index contributed by atoms with van der Waals surface area (Å²) in [4.78, 5) is 10.5. The lowest BCUT2D eigenvalue weighted by atomic mass is 9.75. The maximum atomic E-state index is 11.3. The quantitative estimate of drug-likeness (QED) is 0.579. The van der Waals surface area contributed by atoms with E-state index in [2.05, 4.69) is 6.92 Å². The summed E-state index contributed by atoms with van der Waals surface area (Å²) in [5.41, 5.74) is 2.19. The summed E-state index contributed by atoms with van der Waals surface area (Å²) in [7, 11) is -4.17. The van der Waals surface area contributed by atoms with E-state index in [0.717, 1.165) is 37.7 Å². The van der Waals surface area contributed by atoms with Crippen molar-refractivity contribution in [2.45, 2.75) is 68.6 Å². The van der Waals surface area contributed by atoms with Crippen molar-refractivity contribution in [2.24, 2.45) is 0 Å². The van der Waals surface area contributed by atoms with Crippen molar-refractivity contribution in [1.29, 1.82) is 0 Å². The molecule has 0 bridgehead atoms. The highest BCUT2D eigenvalue weighted by atomic mass is 32.2. The molecule has 0 amide bonds.